The molecule has 0 amide bonds. The van der Waals surface area contributed by atoms with E-state index in [1.165, 1.54) is 7.11 Å². The predicted octanol–water partition coefficient (Wildman–Crippen LogP) is 4.14. The Balaban J connectivity index is 1.99. The van der Waals surface area contributed by atoms with Crippen LogP contribution in [0.2, 0.25) is 0 Å². The predicted molar refractivity (Wildman–Crippen MR) is 111 cm³/mol. The molecule has 3 rings (SSSR count). The van der Waals surface area contributed by atoms with Crippen LogP contribution in [0.5, 0.6) is 11.5 Å². The van der Waals surface area contributed by atoms with E-state index < -0.39 is 5.56 Å². The molecule has 0 saturated carbocycles. The van der Waals surface area contributed by atoms with Crippen molar-refractivity contribution < 1.29 is 9.47 Å². The van der Waals surface area contributed by atoms with E-state index in [4.69, 9.17) is 9.47 Å². The highest BCUT2D eigenvalue weighted by Crippen LogP contribution is 2.28. The lowest BCUT2D eigenvalue weighted by Crippen LogP contribution is -2.19. The maximum absolute atomic E-state index is 12.2. The standard InChI is InChI=1S/C22H25N3O3/c1-15(2)28-19-12-8-11-18(16(19)3)23-22-24-21(26)20(27-4)14-25(22)13-17-9-6-5-7-10-17/h5-12,14-15H,13H2,1-4H3,(H,23,24,26). The van der Waals surface area contributed by atoms with E-state index in [0.717, 1.165) is 22.6 Å². The lowest BCUT2D eigenvalue weighted by molar-refractivity contribution is 0.241. The minimum absolute atomic E-state index is 0.0734. The van der Waals surface area contributed by atoms with Crippen molar-refractivity contribution in [3.63, 3.8) is 0 Å². The molecule has 6 heteroatoms. The van der Waals surface area contributed by atoms with Crippen LogP contribution in [0.1, 0.15) is 25.0 Å². The van der Waals surface area contributed by atoms with Gasteiger partial charge in [-0.2, -0.15) is 4.98 Å². The van der Waals surface area contributed by atoms with Crippen molar-refractivity contribution in [2.75, 3.05) is 12.4 Å². The molecule has 0 fully saturated rings. The van der Waals surface area contributed by atoms with Crippen molar-refractivity contribution in [1.29, 1.82) is 0 Å². The molecule has 0 aliphatic rings. The Morgan fingerprint density at radius 3 is 2.50 bits per heavy atom. The normalized spacial score (nSPS) is 10.8. The third-order valence-corrected chi connectivity index (χ3v) is 4.27. The molecule has 3 aromatic rings. The van der Waals surface area contributed by atoms with Gasteiger partial charge in [0.25, 0.3) is 0 Å². The molecular formula is C22H25N3O3. The highest BCUT2D eigenvalue weighted by Gasteiger charge is 2.13. The first-order chi connectivity index (χ1) is 13.5. The van der Waals surface area contributed by atoms with Gasteiger partial charge in [0.1, 0.15) is 5.75 Å². The van der Waals surface area contributed by atoms with Gasteiger partial charge >= 0.3 is 5.56 Å². The van der Waals surface area contributed by atoms with Crippen LogP contribution in [-0.4, -0.2) is 22.8 Å². The first-order valence-electron chi connectivity index (χ1n) is 9.20. The largest absolute Gasteiger partial charge is 0.491 e. The Morgan fingerprint density at radius 1 is 1.07 bits per heavy atom. The Labute approximate surface area is 164 Å². The van der Waals surface area contributed by atoms with Gasteiger partial charge in [-0.05, 0) is 38.5 Å². The van der Waals surface area contributed by atoms with E-state index in [1.807, 2.05) is 73.9 Å². The van der Waals surface area contributed by atoms with Crippen molar-refractivity contribution in [2.24, 2.45) is 0 Å². The van der Waals surface area contributed by atoms with Gasteiger partial charge < -0.3 is 19.4 Å². The van der Waals surface area contributed by atoms with E-state index in [-0.39, 0.29) is 11.9 Å². The fraction of sp³-hybridized carbons (Fsp3) is 0.273. The van der Waals surface area contributed by atoms with Crippen molar-refractivity contribution in [3.05, 3.63) is 76.2 Å². The number of hydrogen-bond donors (Lipinski definition) is 1. The van der Waals surface area contributed by atoms with Crippen LogP contribution in [0.25, 0.3) is 0 Å². The zero-order valence-corrected chi connectivity index (χ0v) is 16.6. The van der Waals surface area contributed by atoms with Crippen molar-refractivity contribution in [1.82, 2.24) is 9.55 Å². The summed E-state index contributed by atoms with van der Waals surface area (Å²) >= 11 is 0. The highest BCUT2D eigenvalue weighted by atomic mass is 16.5. The molecule has 2 aromatic carbocycles. The molecule has 28 heavy (non-hydrogen) atoms. The maximum atomic E-state index is 12.2. The second kappa shape index (κ2) is 8.61. The van der Waals surface area contributed by atoms with Gasteiger partial charge in [0.05, 0.1) is 26.0 Å². The summed E-state index contributed by atoms with van der Waals surface area (Å²) in [6.45, 7) is 6.50. The highest BCUT2D eigenvalue weighted by molar-refractivity contribution is 5.62. The number of methoxy groups -OCH3 is 1. The molecule has 1 heterocycles. The second-order valence-corrected chi connectivity index (χ2v) is 6.77. The molecule has 1 aromatic heterocycles. The van der Waals surface area contributed by atoms with E-state index in [9.17, 15) is 4.79 Å². The Bertz CT molecular complexity index is 998. The molecule has 1 N–H and O–H groups in total. The number of nitrogens with zero attached hydrogens (tertiary/aromatic N) is 2. The number of anilines is 2. The van der Waals surface area contributed by atoms with Crippen LogP contribution in [0.3, 0.4) is 0 Å². The Morgan fingerprint density at radius 2 is 1.82 bits per heavy atom. The van der Waals surface area contributed by atoms with Crippen molar-refractivity contribution in [3.8, 4) is 11.5 Å². The lowest BCUT2D eigenvalue weighted by atomic mass is 10.1. The van der Waals surface area contributed by atoms with Gasteiger partial charge in [0.15, 0.2) is 0 Å². The van der Waals surface area contributed by atoms with Crippen LogP contribution < -0.4 is 20.3 Å². The zero-order chi connectivity index (χ0) is 20.1. The fourth-order valence-corrected chi connectivity index (χ4v) is 2.87. The first-order valence-corrected chi connectivity index (χ1v) is 9.20. The second-order valence-electron chi connectivity index (χ2n) is 6.77. The van der Waals surface area contributed by atoms with Crippen LogP contribution in [0.15, 0.2) is 59.5 Å². The number of rotatable bonds is 7. The van der Waals surface area contributed by atoms with E-state index in [1.54, 1.807) is 6.20 Å². The summed E-state index contributed by atoms with van der Waals surface area (Å²) in [6, 6.07) is 15.8. The summed E-state index contributed by atoms with van der Waals surface area (Å²) in [6.07, 6.45) is 1.75. The summed E-state index contributed by atoms with van der Waals surface area (Å²) in [5.74, 6) is 1.44. The summed E-state index contributed by atoms with van der Waals surface area (Å²) in [7, 11) is 1.47. The van der Waals surface area contributed by atoms with Gasteiger partial charge in [-0.15, -0.1) is 0 Å². The van der Waals surface area contributed by atoms with Gasteiger partial charge in [0.2, 0.25) is 11.7 Å². The molecule has 0 saturated heterocycles. The molecule has 0 atom stereocenters. The van der Waals surface area contributed by atoms with Gasteiger partial charge in [0, 0.05) is 11.3 Å². The zero-order valence-electron chi connectivity index (χ0n) is 16.6. The van der Waals surface area contributed by atoms with Crippen LogP contribution in [-0.2, 0) is 6.54 Å². The average Bonchev–Trinajstić information content (AvgIpc) is 2.67. The summed E-state index contributed by atoms with van der Waals surface area (Å²) in [5, 5.41) is 3.28. The van der Waals surface area contributed by atoms with Crippen molar-refractivity contribution >= 4 is 11.6 Å². The molecule has 0 aliphatic heterocycles. The SMILES string of the molecule is COc1cn(Cc2ccccc2)c(Nc2cccc(OC(C)C)c2C)nc1=O. The maximum Gasteiger partial charge on any atom is 0.316 e. The number of ether oxygens (including phenoxy) is 2. The number of nitrogens with one attached hydrogen (secondary N) is 1. The molecular weight excluding hydrogens is 354 g/mol. The van der Waals surface area contributed by atoms with Crippen LogP contribution >= 0.6 is 0 Å². The Kier molecular flexibility index (Phi) is 5.99. The van der Waals surface area contributed by atoms with Crippen LogP contribution in [0.4, 0.5) is 11.6 Å². The van der Waals surface area contributed by atoms with Crippen LogP contribution in [0, 0.1) is 6.92 Å². The third kappa shape index (κ3) is 4.52. The molecule has 0 aliphatic carbocycles. The average molecular weight is 379 g/mol. The summed E-state index contributed by atoms with van der Waals surface area (Å²) < 4.78 is 12.9. The minimum Gasteiger partial charge on any atom is -0.491 e. The number of hydrogen-bond acceptors (Lipinski definition) is 5. The van der Waals surface area contributed by atoms with E-state index in [2.05, 4.69) is 10.3 Å². The van der Waals surface area contributed by atoms with Gasteiger partial charge in [-0.3, -0.25) is 4.79 Å². The van der Waals surface area contributed by atoms with Crippen molar-refractivity contribution in [2.45, 2.75) is 33.4 Å². The summed E-state index contributed by atoms with van der Waals surface area (Å²) in [4.78, 5) is 16.4. The number of benzene rings is 2. The van der Waals surface area contributed by atoms with E-state index >= 15 is 0 Å². The monoisotopic (exact) mass is 379 g/mol. The third-order valence-electron chi connectivity index (χ3n) is 4.27. The lowest BCUT2D eigenvalue weighted by Gasteiger charge is -2.18. The molecule has 0 unspecified atom stereocenters. The first kappa shape index (κ1) is 19.5. The quantitative estimate of drug-likeness (QED) is 0.668. The molecule has 0 bridgehead atoms. The molecule has 0 radical (unpaired) electrons. The topological polar surface area (TPSA) is 65.4 Å². The number of aromatic nitrogens is 2. The van der Waals surface area contributed by atoms with E-state index in [0.29, 0.717) is 12.5 Å². The smallest absolute Gasteiger partial charge is 0.316 e. The van der Waals surface area contributed by atoms with Gasteiger partial charge in [-0.25, -0.2) is 0 Å². The Hall–Kier alpha value is -3.28. The molecule has 0 spiro atoms. The molecule has 146 valence electrons. The summed E-state index contributed by atoms with van der Waals surface area (Å²) in [5.41, 5.74) is 2.46. The molecule has 6 nitrogen and oxygen atoms in total. The fourth-order valence-electron chi connectivity index (χ4n) is 2.87. The minimum atomic E-state index is -0.415. The van der Waals surface area contributed by atoms with Gasteiger partial charge in [-0.1, -0.05) is 36.4 Å².